The maximum absolute atomic E-state index is 5.72. The van der Waals surface area contributed by atoms with E-state index >= 15 is 0 Å². The number of imidazole rings is 1. The van der Waals surface area contributed by atoms with Gasteiger partial charge in [0.1, 0.15) is 18.2 Å². The third-order valence-electron chi connectivity index (χ3n) is 3.39. The number of hydrogen-bond acceptors (Lipinski definition) is 3. The van der Waals surface area contributed by atoms with Crippen molar-refractivity contribution in [2.75, 3.05) is 19.8 Å². The van der Waals surface area contributed by atoms with Crippen LogP contribution in [0.2, 0.25) is 0 Å². The summed E-state index contributed by atoms with van der Waals surface area (Å²) >= 11 is 0. The standard InChI is InChI=1S/C15H18N2O2/c1-2-4-14(5-3-1)19-11-9-17-8-7-16-15(17)13-6-10-18-12-13/h1-5,7-8,13H,6,9-12H2/t13-/m1/s1. The highest BCUT2D eigenvalue weighted by Crippen LogP contribution is 2.23. The van der Waals surface area contributed by atoms with Gasteiger partial charge in [-0.15, -0.1) is 0 Å². The van der Waals surface area contributed by atoms with E-state index in [9.17, 15) is 0 Å². The molecule has 100 valence electrons. The van der Waals surface area contributed by atoms with Crippen LogP contribution in [-0.2, 0) is 11.3 Å². The Hall–Kier alpha value is -1.81. The predicted octanol–water partition coefficient (Wildman–Crippen LogP) is 2.47. The zero-order valence-electron chi connectivity index (χ0n) is 10.9. The molecule has 19 heavy (non-hydrogen) atoms. The van der Waals surface area contributed by atoms with Gasteiger partial charge < -0.3 is 14.0 Å². The number of hydrogen-bond donors (Lipinski definition) is 0. The van der Waals surface area contributed by atoms with Crippen molar-refractivity contribution >= 4 is 0 Å². The first-order valence-corrected chi connectivity index (χ1v) is 6.70. The molecular weight excluding hydrogens is 240 g/mol. The van der Waals surface area contributed by atoms with Gasteiger partial charge in [0.05, 0.1) is 13.2 Å². The second-order valence-corrected chi connectivity index (χ2v) is 4.70. The van der Waals surface area contributed by atoms with E-state index in [0.29, 0.717) is 12.5 Å². The van der Waals surface area contributed by atoms with Crippen LogP contribution in [0.3, 0.4) is 0 Å². The van der Waals surface area contributed by atoms with Gasteiger partial charge in [-0.05, 0) is 18.6 Å². The molecule has 0 saturated carbocycles. The van der Waals surface area contributed by atoms with Gasteiger partial charge in [0.25, 0.3) is 0 Å². The lowest BCUT2D eigenvalue weighted by atomic mass is 10.1. The molecule has 0 amide bonds. The highest BCUT2D eigenvalue weighted by Gasteiger charge is 2.21. The quantitative estimate of drug-likeness (QED) is 0.826. The lowest BCUT2D eigenvalue weighted by molar-refractivity contribution is 0.192. The molecule has 0 spiro atoms. The second-order valence-electron chi connectivity index (χ2n) is 4.70. The van der Waals surface area contributed by atoms with Gasteiger partial charge in [-0.3, -0.25) is 0 Å². The Morgan fingerprint density at radius 2 is 2.21 bits per heavy atom. The van der Waals surface area contributed by atoms with Gasteiger partial charge in [0, 0.05) is 24.9 Å². The van der Waals surface area contributed by atoms with Crippen molar-refractivity contribution in [2.24, 2.45) is 0 Å². The summed E-state index contributed by atoms with van der Waals surface area (Å²) < 4.78 is 13.3. The van der Waals surface area contributed by atoms with Crippen molar-refractivity contribution < 1.29 is 9.47 Å². The summed E-state index contributed by atoms with van der Waals surface area (Å²) in [5.74, 6) is 2.47. The SMILES string of the molecule is c1ccc(OCCn2ccnc2[C@@H]2CCOC2)cc1. The van der Waals surface area contributed by atoms with Crippen LogP contribution in [-0.4, -0.2) is 29.4 Å². The maximum atomic E-state index is 5.72. The normalized spacial score (nSPS) is 18.6. The van der Waals surface area contributed by atoms with Gasteiger partial charge in [0.2, 0.25) is 0 Å². The molecule has 1 aliphatic rings. The van der Waals surface area contributed by atoms with E-state index in [1.807, 2.05) is 42.7 Å². The van der Waals surface area contributed by atoms with Crippen LogP contribution in [0, 0.1) is 0 Å². The van der Waals surface area contributed by atoms with E-state index in [-0.39, 0.29) is 0 Å². The van der Waals surface area contributed by atoms with Crippen molar-refractivity contribution in [1.82, 2.24) is 9.55 Å². The predicted molar refractivity (Wildman–Crippen MR) is 72.3 cm³/mol. The zero-order valence-corrected chi connectivity index (χ0v) is 10.9. The van der Waals surface area contributed by atoms with Crippen LogP contribution >= 0.6 is 0 Å². The van der Waals surface area contributed by atoms with E-state index in [1.54, 1.807) is 0 Å². The Kier molecular flexibility index (Phi) is 3.79. The fourth-order valence-corrected chi connectivity index (χ4v) is 2.39. The monoisotopic (exact) mass is 258 g/mol. The average molecular weight is 258 g/mol. The van der Waals surface area contributed by atoms with Crippen molar-refractivity contribution in [2.45, 2.75) is 18.9 Å². The van der Waals surface area contributed by atoms with Gasteiger partial charge in [-0.2, -0.15) is 0 Å². The summed E-state index contributed by atoms with van der Waals surface area (Å²) in [5, 5.41) is 0. The van der Waals surface area contributed by atoms with Crippen LogP contribution in [0.1, 0.15) is 18.2 Å². The van der Waals surface area contributed by atoms with Crippen LogP contribution in [0.5, 0.6) is 5.75 Å². The molecule has 1 saturated heterocycles. The van der Waals surface area contributed by atoms with Crippen LogP contribution in [0.25, 0.3) is 0 Å². The van der Waals surface area contributed by atoms with Crippen molar-refractivity contribution in [3.8, 4) is 5.75 Å². The highest BCUT2D eigenvalue weighted by atomic mass is 16.5. The molecule has 4 nitrogen and oxygen atoms in total. The van der Waals surface area contributed by atoms with E-state index in [4.69, 9.17) is 9.47 Å². The minimum absolute atomic E-state index is 0.437. The minimum Gasteiger partial charge on any atom is -0.492 e. The Morgan fingerprint density at radius 1 is 1.32 bits per heavy atom. The Bertz CT molecular complexity index is 504. The van der Waals surface area contributed by atoms with Crippen LogP contribution < -0.4 is 4.74 Å². The number of nitrogens with zero attached hydrogens (tertiary/aromatic N) is 2. The molecule has 0 radical (unpaired) electrons. The maximum Gasteiger partial charge on any atom is 0.119 e. The fourth-order valence-electron chi connectivity index (χ4n) is 2.39. The molecule has 1 fully saturated rings. The second kappa shape index (κ2) is 5.89. The topological polar surface area (TPSA) is 36.3 Å². The first-order chi connectivity index (χ1) is 9.43. The Morgan fingerprint density at radius 3 is 3.00 bits per heavy atom. The summed E-state index contributed by atoms with van der Waals surface area (Å²) in [5.41, 5.74) is 0. The summed E-state index contributed by atoms with van der Waals surface area (Å²) in [6.07, 6.45) is 4.94. The molecule has 1 aromatic carbocycles. The molecular formula is C15H18N2O2. The molecule has 3 rings (SSSR count). The Labute approximate surface area is 113 Å². The summed E-state index contributed by atoms with van der Waals surface area (Å²) in [6.45, 7) is 3.11. The first-order valence-electron chi connectivity index (χ1n) is 6.70. The zero-order chi connectivity index (χ0) is 12.9. The van der Waals surface area contributed by atoms with Gasteiger partial charge in [0.15, 0.2) is 0 Å². The van der Waals surface area contributed by atoms with E-state index in [0.717, 1.165) is 37.8 Å². The van der Waals surface area contributed by atoms with Gasteiger partial charge >= 0.3 is 0 Å². The number of benzene rings is 1. The highest BCUT2D eigenvalue weighted by molar-refractivity contribution is 5.20. The summed E-state index contributed by atoms with van der Waals surface area (Å²) in [6, 6.07) is 9.89. The van der Waals surface area contributed by atoms with Gasteiger partial charge in [-0.25, -0.2) is 4.98 Å². The Balaban J connectivity index is 1.57. The molecule has 1 atom stereocenters. The lowest BCUT2D eigenvalue weighted by Crippen LogP contribution is -2.13. The smallest absolute Gasteiger partial charge is 0.119 e. The molecule has 0 aliphatic carbocycles. The molecule has 1 aromatic heterocycles. The minimum atomic E-state index is 0.437. The third-order valence-corrected chi connectivity index (χ3v) is 3.39. The fraction of sp³-hybridized carbons (Fsp3) is 0.400. The molecule has 2 aromatic rings. The van der Waals surface area contributed by atoms with Crippen LogP contribution in [0.15, 0.2) is 42.7 Å². The molecule has 0 bridgehead atoms. The molecule has 0 unspecified atom stereocenters. The molecule has 0 N–H and O–H groups in total. The number of ether oxygens (including phenoxy) is 2. The third kappa shape index (κ3) is 2.96. The lowest BCUT2D eigenvalue weighted by Gasteiger charge is -2.12. The van der Waals surface area contributed by atoms with Crippen molar-refractivity contribution in [3.05, 3.63) is 48.5 Å². The summed E-state index contributed by atoms with van der Waals surface area (Å²) in [4.78, 5) is 4.45. The summed E-state index contributed by atoms with van der Waals surface area (Å²) in [7, 11) is 0. The van der Waals surface area contributed by atoms with Crippen molar-refractivity contribution in [3.63, 3.8) is 0 Å². The van der Waals surface area contributed by atoms with E-state index in [2.05, 4.69) is 9.55 Å². The molecule has 1 aliphatic heterocycles. The number of rotatable bonds is 5. The van der Waals surface area contributed by atoms with Crippen LogP contribution in [0.4, 0.5) is 0 Å². The number of aromatic nitrogens is 2. The first kappa shape index (κ1) is 12.2. The van der Waals surface area contributed by atoms with E-state index in [1.165, 1.54) is 0 Å². The largest absolute Gasteiger partial charge is 0.492 e. The van der Waals surface area contributed by atoms with Gasteiger partial charge in [-0.1, -0.05) is 18.2 Å². The molecule has 4 heteroatoms. The molecule has 2 heterocycles. The van der Waals surface area contributed by atoms with Crippen molar-refractivity contribution in [1.29, 1.82) is 0 Å². The van der Waals surface area contributed by atoms with E-state index < -0.39 is 0 Å². The number of para-hydroxylation sites is 1. The average Bonchev–Trinajstić information content (AvgIpc) is 3.10.